The number of rotatable bonds is 3. The van der Waals surface area contributed by atoms with Crippen LogP contribution in [0.5, 0.6) is 0 Å². The summed E-state index contributed by atoms with van der Waals surface area (Å²) in [7, 11) is 0. The Hall–Kier alpha value is -1.78. The van der Waals surface area contributed by atoms with Gasteiger partial charge in [0, 0.05) is 5.22 Å². The summed E-state index contributed by atoms with van der Waals surface area (Å²) < 4.78 is 0. The van der Waals surface area contributed by atoms with Gasteiger partial charge >= 0.3 is 0 Å². The molecule has 1 N–H and O–H groups in total. The molecule has 0 fully saturated rings. The van der Waals surface area contributed by atoms with E-state index >= 15 is 0 Å². The zero-order valence-corrected chi connectivity index (χ0v) is 5.64. The molecule has 0 unspecified atom stereocenters. The molecular weight excluding hydrogens is 144 g/mol. The molecule has 0 spiro atoms. The Morgan fingerprint density at radius 3 is 2.55 bits per heavy atom. The first-order valence-electron chi connectivity index (χ1n) is 2.97. The number of nitroso groups, excluding NO2 is 1. The third kappa shape index (κ3) is 2.53. The Kier molecular flexibility index (Phi) is 2.73. The first-order valence-corrected chi connectivity index (χ1v) is 2.97. The van der Waals surface area contributed by atoms with Gasteiger partial charge < -0.3 is 0 Å². The van der Waals surface area contributed by atoms with Crippen LogP contribution in [0.2, 0.25) is 0 Å². The van der Waals surface area contributed by atoms with Crippen LogP contribution in [-0.2, 0) is 0 Å². The molecule has 0 aliphatic rings. The van der Waals surface area contributed by atoms with E-state index in [4.69, 9.17) is 0 Å². The van der Waals surface area contributed by atoms with Gasteiger partial charge in [-0.1, -0.05) is 18.2 Å². The smallest absolute Gasteiger partial charge is 0.102 e. The minimum atomic E-state index is 0.764. The molecule has 0 amide bonds. The molecule has 11 heavy (non-hydrogen) atoms. The highest BCUT2D eigenvalue weighted by Crippen LogP contribution is 2.04. The summed E-state index contributed by atoms with van der Waals surface area (Å²) in [6, 6.07) is 9.15. The highest BCUT2D eigenvalue weighted by Gasteiger charge is 1.83. The van der Waals surface area contributed by atoms with E-state index in [2.05, 4.69) is 21.2 Å². The maximum Gasteiger partial charge on any atom is 0.102 e. The van der Waals surface area contributed by atoms with Gasteiger partial charge in [-0.3, -0.25) is 5.43 Å². The standard InChI is InChI=1S/C6H6N4O/c11-10-9-8-7-6-4-2-1-3-5-6/h1-5H,(H,7,9,11). The number of anilines is 1. The molecule has 1 aromatic carbocycles. The van der Waals surface area contributed by atoms with Crippen LogP contribution in [0.1, 0.15) is 0 Å². The summed E-state index contributed by atoms with van der Waals surface area (Å²) in [6.45, 7) is 0. The summed E-state index contributed by atoms with van der Waals surface area (Å²) in [4.78, 5) is 9.44. The molecule has 5 heteroatoms. The SMILES string of the molecule is O=NN=NNc1ccccc1. The van der Waals surface area contributed by atoms with Crippen LogP contribution in [0.3, 0.4) is 0 Å². The Balaban J connectivity index is 2.51. The van der Waals surface area contributed by atoms with Crippen LogP contribution in [0.15, 0.2) is 46.1 Å². The molecule has 1 aromatic rings. The zero-order chi connectivity index (χ0) is 7.94. The van der Waals surface area contributed by atoms with Gasteiger partial charge in [-0.2, -0.15) is 0 Å². The topological polar surface area (TPSA) is 66.2 Å². The Bertz CT molecular complexity index is 246. The average molecular weight is 150 g/mol. The molecule has 0 saturated heterocycles. The van der Waals surface area contributed by atoms with Gasteiger partial charge in [-0.25, -0.2) is 0 Å². The average Bonchev–Trinajstić information content (AvgIpc) is 2.07. The van der Waals surface area contributed by atoms with Gasteiger partial charge in [0.2, 0.25) is 0 Å². The largest absolute Gasteiger partial charge is 0.258 e. The van der Waals surface area contributed by atoms with Crippen LogP contribution < -0.4 is 5.43 Å². The van der Waals surface area contributed by atoms with E-state index in [9.17, 15) is 4.91 Å². The van der Waals surface area contributed by atoms with E-state index in [1.165, 1.54) is 0 Å². The van der Waals surface area contributed by atoms with Crippen molar-refractivity contribution < 1.29 is 0 Å². The van der Waals surface area contributed by atoms with Crippen molar-refractivity contribution in [3.63, 3.8) is 0 Å². The third-order valence-corrected chi connectivity index (χ3v) is 1.03. The molecule has 0 aliphatic heterocycles. The highest BCUT2D eigenvalue weighted by molar-refractivity contribution is 5.41. The first kappa shape index (κ1) is 7.33. The van der Waals surface area contributed by atoms with E-state index in [-0.39, 0.29) is 0 Å². The van der Waals surface area contributed by atoms with Gasteiger partial charge in [0.05, 0.1) is 5.69 Å². The summed E-state index contributed by atoms with van der Waals surface area (Å²) in [6.07, 6.45) is 0. The number of para-hydroxylation sites is 1. The second-order valence-electron chi connectivity index (χ2n) is 1.75. The molecule has 0 aromatic heterocycles. The minimum Gasteiger partial charge on any atom is -0.258 e. The minimum absolute atomic E-state index is 0.764. The second kappa shape index (κ2) is 4.10. The number of hydrogen-bond donors (Lipinski definition) is 1. The maximum atomic E-state index is 9.44. The molecule has 0 radical (unpaired) electrons. The van der Waals surface area contributed by atoms with Gasteiger partial charge in [-0.05, 0) is 17.4 Å². The van der Waals surface area contributed by atoms with Crippen LogP contribution in [0.4, 0.5) is 5.69 Å². The van der Waals surface area contributed by atoms with Crippen molar-refractivity contribution in [2.45, 2.75) is 0 Å². The van der Waals surface area contributed by atoms with E-state index in [1.54, 1.807) is 12.1 Å². The lowest BCUT2D eigenvalue weighted by Crippen LogP contribution is -1.83. The first-order chi connectivity index (χ1) is 5.43. The quantitative estimate of drug-likeness (QED) is 0.407. The Morgan fingerprint density at radius 2 is 1.91 bits per heavy atom. The molecule has 0 saturated carbocycles. The monoisotopic (exact) mass is 150 g/mol. The molecular formula is C6H6N4O. The van der Waals surface area contributed by atoms with Crippen molar-refractivity contribution in [3.8, 4) is 0 Å². The van der Waals surface area contributed by atoms with Crippen molar-refractivity contribution in [3.05, 3.63) is 35.2 Å². The van der Waals surface area contributed by atoms with Crippen molar-refractivity contribution in [1.29, 1.82) is 0 Å². The summed E-state index contributed by atoms with van der Waals surface area (Å²) in [5.41, 5.74) is 3.27. The number of hydrogen-bond acceptors (Lipinski definition) is 2. The predicted octanol–water partition coefficient (Wildman–Crippen LogP) is 2.15. The maximum absolute atomic E-state index is 9.44. The molecule has 1 rings (SSSR count). The zero-order valence-electron chi connectivity index (χ0n) is 5.64. The number of benzene rings is 1. The normalized spacial score (nSPS) is 9.82. The van der Waals surface area contributed by atoms with Crippen molar-refractivity contribution in [2.24, 2.45) is 15.7 Å². The van der Waals surface area contributed by atoms with Crippen LogP contribution in [0.25, 0.3) is 0 Å². The fourth-order valence-corrected chi connectivity index (χ4v) is 0.611. The summed E-state index contributed by atoms with van der Waals surface area (Å²) in [5.74, 6) is 0. The third-order valence-electron chi connectivity index (χ3n) is 1.03. The summed E-state index contributed by atoms with van der Waals surface area (Å²) in [5, 5.41) is 8.30. The van der Waals surface area contributed by atoms with Gasteiger partial charge in [0.25, 0.3) is 0 Å². The van der Waals surface area contributed by atoms with E-state index in [0.717, 1.165) is 5.69 Å². The fraction of sp³-hybridized carbons (Fsp3) is 0. The number of nitrogens with one attached hydrogen (secondary N) is 1. The second-order valence-corrected chi connectivity index (χ2v) is 1.75. The highest BCUT2D eigenvalue weighted by atomic mass is 16.3. The van der Waals surface area contributed by atoms with E-state index in [0.29, 0.717) is 0 Å². The van der Waals surface area contributed by atoms with Crippen molar-refractivity contribution in [2.75, 3.05) is 5.43 Å². The lowest BCUT2D eigenvalue weighted by molar-refractivity contribution is 0.993. The van der Waals surface area contributed by atoms with Crippen molar-refractivity contribution in [1.82, 2.24) is 0 Å². The lowest BCUT2D eigenvalue weighted by atomic mass is 10.3. The van der Waals surface area contributed by atoms with Crippen LogP contribution >= 0.6 is 0 Å². The molecule has 0 heterocycles. The lowest BCUT2D eigenvalue weighted by Gasteiger charge is -1.93. The molecule has 5 nitrogen and oxygen atoms in total. The van der Waals surface area contributed by atoms with E-state index < -0.39 is 0 Å². The Labute approximate surface area is 63.1 Å². The van der Waals surface area contributed by atoms with Crippen LogP contribution in [0, 0.1) is 4.91 Å². The van der Waals surface area contributed by atoms with Crippen LogP contribution in [-0.4, -0.2) is 0 Å². The Morgan fingerprint density at radius 1 is 1.18 bits per heavy atom. The van der Waals surface area contributed by atoms with Crippen molar-refractivity contribution >= 4 is 5.69 Å². The summed E-state index contributed by atoms with van der Waals surface area (Å²) >= 11 is 0. The molecule has 56 valence electrons. The molecule has 0 bridgehead atoms. The molecule has 0 atom stereocenters. The van der Waals surface area contributed by atoms with Gasteiger partial charge in [0.15, 0.2) is 0 Å². The van der Waals surface area contributed by atoms with Gasteiger partial charge in [0.1, 0.15) is 5.29 Å². The molecule has 0 aliphatic carbocycles. The number of nitrogens with zero attached hydrogens (tertiary/aromatic N) is 3. The fourth-order valence-electron chi connectivity index (χ4n) is 0.611. The van der Waals surface area contributed by atoms with E-state index in [1.807, 2.05) is 18.2 Å². The predicted molar refractivity (Wildman–Crippen MR) is 40.7 cm³/mol. The van der Waals surface area contributed by atoms with Gasteiger partial charge in [-0.15, -0.1) is 4.91 Å².